The van der Waals surface area contributed by atoms with Gasteiger partial charge < -0.3 is 10.2 Å². The van der Waals surface area contributed by atoms with Gasteiger partial charge in [-0.15, -0.1) is 0 Å². The molecule has 1 aliphatic rings. The number of amides is 2. The molecule has 0 atom stereocenters. The number of anilines is 1. The number of para-hydroxylation sites is 1. The molecule has 1 fully saturated rings. The molecule has 2 aromatic rings. The predicted molar refractivity (Wildman–Crippen MR) is 93.7 cm³/mol. The van der Waals surface area contributed by atoms with E-state index in [-0.39, 0.29) is 0 Å². The number of halogens is 3. The van der Waals surface area contributed by atoms with E-state index in [2.05, 4.69) is 10.2 Å². The van der Waals surface area contributed by atoms with Crippen LogP contribution in [0.3, 0.4) is 0 Å². The van der Waals surface area contributed by atoms with Crippen LogP contribution in [0.2, 0.25) is 5.02 Å². The van der Waals surface area contributed by atoms with Gasteiger partial charge in [-0.25, -0.2) is 13.6 Å². The number of rotatable bonds is 3. The molecule has 3 rings (SSSR count). The first kappa shape index (κ1) is 17.6. The first-order chi connectivity index (χ1) is 12.0. The van der Waals surface area contributed by atoms with Crippen LogP contribution < -0.4 is 5.32 Å². The smallest absolute Gasteiger partial charge is 0.322 e. The number of benzene rings is 2. The molecule has 2 aromatic carbocycles. The molecule has 1 heterocycles. The minimum atomic E-state index is -0.783. The van der Waals surface area contributed by atoms with Crippen molar-refractivity contribution in [3.63, 3.8) is 0 Å². The van der Waals surface area contributed by atoms with Gasteiger partial charge in [0.25, 0.3) is 0 Å². The van der Waals surface area contributed by atoms with E-state index >= 15 is 0 Å². The topological polar surface area (TPSA) is 35.6 Å². The number of piperazine rings is 1. The maximum Gasteiger partial charge on any atom is 0.322 e. The van der Waals surface area contributed by atoms with Crippen molar-refractivity contribution >= 4 is 23.3 Å². The quantitative estimate of drug-likeness (QED) is 0.893. The highest BCUT2D eigenvalue weighted by Gasteiger charge is 2.22. The van der Waals surface area contributed by atoms with Gasteiger partial charge in [0.2, 0.25) is 0 Å². The van der Waals surface area contributed by atoms with Crippen molar-refractivity contribution in [2.75, 3.05) is 31.5 Å². The molecule has 1 saturated heterocycles. The fourth-order valence-electron chi connectivity index (χ4n) is 2.76. The maximum atomic E-state index is 13.6. The van der Waals surface area contributed by atoms with Gasteiger partial charge >= 0.3 is 6.03 Å². The average molecular weight is 366 g/mol. The average Bonchev–Trinajstić information content (AvgIpc) is 2.61. The lowest BCUT2D eigenvalue weighted by Crippen LogP contribution is -2.49. The second kappa shape index (κ2) is 7.80. The monoisotopic (exact) mass is 365 g/mol. The Labute approximate surface area is 150 Å². The van der Waals surface area contributed by atoms with Gasteiger partial charge in [-0.2, -0.15) is 0 Å². The number of nitrogens with one attached hydrogen (secondary N) is 1. The Balaban J connectivity index is 1.53. The van der Waals surface area contributed by atoms with Crippen LogP contribution in [0.1, 0.15) is 5.56 Å². The first-order valence-corrected chi connectivity index (χ1v) is 8.37. The second-order valence-corrected chi connectivity index (χ2v) is 6.35. The Hall–Kier alpha value is -2.18. The molecule has 0 saturated carbocycles. The van der Waals surface area contributed by atoms with Crippen molar-refractivity contribution in [1.29, 1.82) is 0 Å². The minimum absolute atomic E-state index is 0.406. The summed E-state index contributed by atoms with van der Waals surface area (Å²) < 4.78 is 27.2. The van der Waals surface area contributed by atoms with Crippen LogP contribution >= 0.6 is 11.6 Å². The Kier molecular flexibility index (Phi) is 5.50. The molecule has 132 valence electrons. The number of hydrogen-bond donors (Lipinski definition) is 1. The summed E-state index contributed by atoms with van der Waals surface area (Å²) in [6.07, 6.45) is 0. The molecule has 4 nitrogen and oxygen atoms in total. The van der Waals surface area contributed by atoms with Crippen LogP contribution in [0.15, 0.2) is 42.5 Å². The van der Waals surface area contributed by atoms with Gasteiger partial charge in [0, 0.05) is 37.7 Å². The van der Waals surface area contributed by atoms with Gasteiger partial charge in [-0.3, -0.25) is 4.90 Å². The Morgan fingerprint density at radius 2 is 1.60 bits per heavy atom. The largest absolute Gasteiger partial charge is 0.322 e. The molecule has 0 unspecified atom stereocenters. The first-order valence-electron chi connectivity index (χ1n) is 7.99. The summed E-state index contributed by atoms with van der Waals surface area (Å²) >= 11 is 5.88. The zero-order chi connectivity index (χ0) is 17.8. The Bertz CT molecular complexity index is 726. The van der Waals surface area contributed by atoms with Crippen molar-refractivity contribution in [1.82, 2.24) is 9.80 Å². The third-order valence-corrected chi connectivity index (χ3v) is 4.43. The van der Waals surface area contributed by atoms with Crippen LogP contribution in [0.25, 0.3) is 0 Å². The van der Waals surface area contributed by atoms with E-state index in [1.807, 2.05) is 24.3 Å². The van der Waals surface area contributed by atoms with E-state index in [1.54, 1.807) is 4.90 Å². The summed E-state index contributed by atoms with van der Waals surface area (Å²) in [6.45, 7) is 3.14. The summed E-state index contributed by atoms with van der Waals surface area (Å²) in [5.41, 5.74) is 0.742. The highest BCUT2D eigenvalue weighted by atomic mass is 35.5. The van der Waals surface area contributed by atoms with Crippen molar-refractivity contribution in [3.05, 3.63) is 64.7 Å². The Morgan fingerprint density at radius 3 is 2.20 bits per heavy atom. The number of urea groups is 1. The Morgan fingerprint density at radius 1 is 1.00 bits per heavy atom. The van der Waals surface area contributed by atoms with Gasteiger partial charge in [-0.1, -0.05) is 29.8 Å². The highest BCUT2D eigenvalue weighted by molar-refractivity contribution is 6.30. The molecule has 0 bridgehead atoms. The highest BCUT2D eigenvalue weighted by Crippen LogP contribution is 2.19. The molecular weight excluding hydrogens is 348 g/mol. The lowest BCUT2D eigenvalue weighted by atomic mass is 10.2. The van der Waals surface area contributed by atoms with Gasteiger partial charge in [0.1, 0.15) is 17.3 Å². The van der Waals surface area contributed by atoms with E-state index in [0.717, 1.165) is 24.2 Å². The normalized spacial score (nSPS) is 15.2. The summed E-state index contributed by atoms with van der Waals surface area (Å²) in [5, 5.41) is 3.02. The van der Waals surface area contributed by atoms with Crippen LogP contribution in [-0.4, -0.2) is 42.0 Å². The van der Waals surface area contributed by atoms with E-state index in [4.69, 9.17) is 11.6 Å². The molecule has 0 aromatic heterocycles. The number of hydrogen-bond acceptors (Lipinski definition) is 2. The third-order valence-electron chi connectivity index (χ3n) is 4.17. The molecule has 0 radical (unpaired) electrons. The lowest BCUT2D eigenvalue weighted by Gasteiger charge is -2.34. The van der Waals surface area contributed by atoms with E-state index < -0.39 is 23.4 Å². The predicted octanol–water partition coefficient (Wildman–Crippen LogP) is 3.97. The van der Waals surface area contributed by atoms with Crippen molar-refractivity contribution in [2.45, 2.75) is 6.54 Å². The zero-order valence-electron chi connectivity index (χ0n) is 13.5. The van der Waals surface area contributed by atoms with Crippen molar-refractivity contribution in [2.24, 2.45) is 0 Å². The molecule has 0 spiro atoms. The summed E-state index contributed by atoms with van der Waals surface area (Å²) in [4.78, 5) is 16.0. The minimum Gasteiger partial charge on any atom is -0.322 e. The molecule has 25 heavy (non-hydrogen) atoms. The van der Waals surface area contributed by atoms with Crippen LogP contribution in [0, 0.1) is 11.6 Å². The van der Waals surface area contributed by atoms with Gasteiger partial charge in [0.15, 0.2) is 0 Å². The van der Waals surface area contributed by atoms with Crippen molar-refractivity contribution in [3.8, 4) is 0 Å². The maximum absolute atomic E-state index is 13.6. The second-order valence-electron chi connectivity index (χ2n) is 5.92. The van der Waals surface area contributed by atoms with E-state index in [0.29, 0.717) is 31.2 Å². The molecular formula is C18H18ClF2N3O. The van der Waals surface area contributed by atoms with Gasteiger partial charge in [0.05, 0.1) is 0 Å². The van der Waals surface area contributed by atoms with Crippen LogP contribution in [0.4, 0.5) is 19.3 Å². The standard InChI is InChI=1S/C18H18ClF2N3O/c19-14-6-4-13(5-7-14)12-23-8-10-24(11-9-23)18(25)22-17-15(20)2-1-3-16(17)21/h1-7H,8-12H2,(H,22,25). The number of carbonyl (C=O) groups is 1. The SMILES string of the molecule is O=C(Nc1c(F)cccc1F)N1CCN(Cc2ccc(Cl)cc2)CC1. The van der Waals surface area contributed by atoms with Crippen molar-refractivity contribution < 1.29 is 13.6 Å². The summed E-state index contributed by atoms with van der Waals surface area (Å²) in [5.74, 6) is -1.57. The van der Waals surface area contributed by atoms with E-state index in [1.165, 1.54) is 6.07 Å². The molecule has 7 heteroatoms. The van der Waals surface area contributed by atoms with Crippen LogP contribution in [-0.2, 0) is 6.54 Å². The molecule has 0 aliphatic carbocycles. The van der Waals surface area contributed by atoms with Gasteiger partial charge in [-0.05, 0) is 29.8 Å². The summed E-state index contributed by atoms with van der Waals surface area (Å²) in [6, 6.07) is 10.6. The van der Waals surface area contributed by atoms with Crippen LogP contribution in [0.5, 0.6) is 0 Å². The zero-order valence-corrected chi connectivity index (χ0v) is 14.3. The fourth-order valence-corrected chi connectivity index (χ4v) is 2.89. The lowest BCUT2D eigenvalue weighted by molar-refractivity contribution is 0.143. The third kappa shape index (κ3) is 4.46. The molecule has 1 aliphatic heterocycles. The molecule has 1 N–H and O–H groups in total. The summed E-state index contributed by atoms with van der Waals surface area (Å²) in [7, 11) is 0. The fraction of sp³-hybridized carbons (Fsp3) is 0.278. The molecule has 2 amide bonds. The number of nitrogens with zero attached hydrogens (tertiary/aromatic N) is 2. The number of carbonyl (C=O) groups excluding carboxylic acids is 1. The van der Waals surface area contributed by atoms with E-state index in [9.17, 15) is 13.6 Å².